The third-order valence-electron chi connectivity index (χ3n) is 2.42. The number of nitrogens with two attached hydrogens (primary N) is 1. The van der Waals surface area contributed by atoms with Crippen LogP contribution in [0.25, 0.3) is 0 Å². The fourth-order valence-corrected chi connectivity index (χ4v) is 1.48. The molecule has 0 spiro atoms. The van der Waals surface area contributed by atoms with Gasteiger partial charge in [-0.15, -0.1) is 0 Å². The molecule has 7 heteroatoms. The number of hydrogen-bond acceptors (Lipinski definition) is 5. The molecule has 1 aromatic heterocycles. The standard InChI is InChI=1S/C12H11N3O4/c1-6-2-3-8(7(4-6)12(17)18)19-11-9(13)10(16)14-5-15-11/h2-5H,13H2,1H3,(H,17,18)(H,14,15,16). The zero-order valence-electron chi connectivity index (χ0n) is 10.0. The van der Waals surface area contributed by atoms with Crippen LogP contribution < -0.4 is 16.0 Å². The summed E-state index contributed by atoms with van der Waals surface area (Å²) in [6, 6.07) is 4.63. The molecule has 2 aromatic rings. The SMILES string of the molecule is Cc1ccc(Oc2nc[nH]c(=O)c2N)c(C(=O)O)c1. The number of aromatic amines is 1. The summed E-state index contributed by atoms with van der Waals surface area (Å²) in [5.41, 5.74) is 5.50. The first-order valence-electron chi connectivity index (χ1n) is 5.34. The second-order valence-corrected chi connectivity index (χ2v) is 3.86. The maximum atomic E-state index is 11.3. The van der Waals surface area contributed by atoms with Gasteiger partial charge in [0.15, 0.2) is 5.69 Å². The van der Waals surface area contributed by atoms with Crippen molar-refractivity contribution < 1.29 is 14.6 Å². The van der Waals surface area contributed by atoms with Gasteiger partial charge in [-0.3, -0.25) is 4.79 Å². The molecule has 0 fully saturated rings. The third-order valence-corrected chi connectivity index (χ3v) is 2.42. The normalized spacial score (nSPS) is 10.2. The highest BCUT2D eigenvalue weighted by molar-refractivity contribution is 5.91. The van der Waals surface area contributed by atoms with E-state index in [0.29, 0.717) is 0 Å². The molecule has 1 heterocycles. The van der Waals surface area contributed by atoms with E-state index in [1.165, 1.54) is 12.1 Å². The lowest BCUT2D eigenvalue weighted by atomic mass is 10.1. The number of hydrogen-bond donors (Lipinski definition) is 3. The largest absolute Gasteiger partial charge is 0.478 e. The van der Waals surface area contributed by atoms with E-state index in [-0.39, 0.29) is 22.9 Å². The van der Waals surface area contributed by atoms with Crippen molar-refractivity contribution in [1.29, 1.82) is 0 Å². The van der Waals surface area contributed by atoms with Crippen molar-refractivity contribution in [2.24, 2.45) is 0 Å². The fraction of sp³-hybridized carbons (Fsp3) is 0.0833. The van der Waals surface area contributed by atoms with E-state index in [0.717, 1.165) is 11.9 Å². The average Bonchev–Trinajstić information content (AvgIpc) is 2.36. The Morgan fingerprint density at radius 2 is 2.21 bits per heavy atom. The summed E-state index contributed by atoms with van der Waals surface area (Å²) in [5.74, 6) is -1.19. The third kappa shape index (κ3) is 2.54. The van der Waals surface area contributed by atoms with E-state index < -0.39 is 11.5 Å². The lowest BCUT2D eigenvalue weighted by molar-refractivity contribution is 0.0694. The van der Waals surface area contributed by atoms with Gasteiger partial charge in [0.25, 0.3) is 5.56 Å². The van der Waals surface area contributed by atoms with Gasteiger partial charge in [-0.25, -0.2) is 9.78 Å². The number of nitrogens with zero attached hydrogens (tertiary/aromatic N) is 1. The van der Waals surface area contributed by atoms with Crippen LogP contribution in [-0.4, -0.2) is 21.0 Å². The van der Waals surface area contributed by atoms with Crippen LogP contribution in [0.5, 0.6) is 11.6 Å². The summed E-state index contributed by atoms with van der Waals surface area (Å²) < 4.78 is 5.30. The van der Waals surface area contributed by atoms with Gasteiger partial charge in [-0.2, -0.15) is 0 Å². The number of carbonyl (C=O) groups is 1. The summed E-state index contributed by atoms with van der Waals surface area (Å²) in [6.07, 6.45) is 1.13. The zero-order valence-corrected chi connectivity index (χ0v) is 10.0. The Bertz CT molecular complexity index is 694. The highest BCUT2D eigenvalue weighted by Crippen LogP contribution is 2.26. The zero-order chi connectivity index (χ0) is 14.0. The predicted octanol–water partition coefficient (Wildman–Crippen LogP) is 1.15. The molecule has 19 heavy (non-hydrogen) atoms. The molecule has 0 atom stereocenters. The first-order valence-corrected chi connectivity index (χ1v) is 5.34. The molecule has 0 bridgehead atoms. The van der Waals surface area contributed by atoms with E-state index in [9.17, 15) is 9.59 Å². The number of rotatable bonds is 3. The molecule has 0 aliphatic heterocycles. The number of nitrogen functional groups attached to an aromatic ring is 1. The molecule has 98 valence electrons. The van der Waals surface area contributed by atoms with Crippen molar-refractivity contribution in [1.82, 2.24) is 9.97 Å². The molecule has 1 aromatic carbocycles. The van der Waals surface area contributed by atoms with Crippen molar-refractivity contribution >= 4 is 11.7 Å². The van der Waals surface area contributed by atoms with E-state index in [1.807, 2.05) is 0 Å². The second-order valence-electron chi connectivity index (χ2n) is 3.86. The Morgan fingerprint density at radius 1 is 1.47 bits per heavy atom. The lowest BCUT2D eigenvalue weighted by Gasteiger charge is -2.09. The average molecular weight is 261 g/mol. The molecule has 0 unspecified atom stereocenters. The Kier molecular flexibility index (Phi) is 3.19. The van der Waals surface area contributed by atoms with Crippen LogP contribution in [-0.2, 0) is 0 Å². The quantitative estimate of drug-likeness (QED) is 0.762. The summed E-state index contributed by atoms with van der Waals surface area (Å²) in [6.45, 7) is 1.76. The van der Waals surface area contributed by atoms with Crippen LogP contribution in [0.4, 0.5) is 5.69 Å². The predicted molar refractivity (Wildman–Crippen MR) is 67.5 cm³/mol. The Balaban J connectivity index is 2.46. The highest BCUT2D eigenvalue weighted by Gasteiger charge is 2.15. The Morgan fingerprint density at radius 3 is 2.89 bits per heavy atom. The van der Waals surface area contributed by atoms with Crippen molar-refractivity contribution in [2.45, 2.75) is 6.92 Å². The number of aromatic carboxylic acids is 1. The number of nitrogens with one attached hydrogen (secondary N) is 1. The maximum Gasteiger partial charge on any atom is 0.339 e. The minimum absolute atomic E-state index is 0.0264. The summed E-state index contributed by atoms with van der Waals surface area (Å²) in [5, 5.41) is 9.09. The van der Waals surface area contributed by atoms with Crippen LogP contribution in [0.3, 0.4) is 0 Å². The number of benzene rings is 1. The van der Waals surface area contributed by atoms with Gasteiger partial charge in [0.05, 0.1) is 6.33 Å². The minimum atomic E-state index is -1.14. The monoisotopic (exact) mass is 261 g/mol. The minimum Gasteiger partial charge on any atom is -0.478 e. The topological polar surface area (TPSA) is 118 Å². The lowest BCUT2D eigenvalue weighted by Crippen LogP contribution is -2.13. The highest BCUT2D eigenvalue weighted by atomic mass is 16.5. The van der Waals surface area contributed by atoms with Gasteiger partial charge >= 0.3 is 5.97 Å². The molecular formula is C12H11N3O4. The number of aromatic nitrogens is 2. The molecule has 0 saturated heterocycles. The van der Waals surface area contributed by atoms with Gasteiger partial charge in [-0.05, 0) is 19.1 Å². The smallest absolute Gasteiger partial charge is 0.339 e. The second kappa shape index (κ2) is 4.81. The molecule has 0 radical (unpaired) electrons. The molecule has 0 saturated carbocycles. The molecule has 4 N–H and O–H groups in total. The van der Waals surface area contributed by atoms with E-state index in [4.69, 9.17) is 15.6 Å². The number of ether oxygens (including phenoxy) is 1. The Hall–Kier alpha value is -2.83. The van der Waals surface area contributed by atoms with Crippen molar-refractivity contribution in [3.63, 3.8) is 0 Å². The van der Waals surface area contributed by atoms with Crippen molar-refractivity contribution in [3.8, 4) is 11.6 Å². The van der Waals surface area contributed by atoms with Crippen LogP contribution in [0.15, 0.2) is 29.3 Å². The van der Waals surface area contributed by atoms with Gasteiger partial charge in [0.2, 0.25) is 5.88 Å². The van der Waals surface area contributed by atoms with Crippen LogP contribution in [0.2, 0.25) is 0 Å². The van der Waals surface area contributed by atoms with Crippen LogP contribution in [0.1, 0.15) is 15.9 Å². The van der Waals surface area contributed by atoms with Gasteiger partial charge < -0.3 is 20.6 Å². The maximum absolute atomic E-state index is 11.3. The van der Waals surface area contributed by atoms with Crippen LogP contribution in [0, 0.1) is 6.92 Å². The number of aryl methyl sites for hydroxylation is 1. The fourth-order valence-electron chi connectivity index (χ4n) is 1.48. The van der Waals surface area contributed by atoms with E-state index in [2.05, 4.69) is 9.97 Å². The number of carboxylic acids is 1. The molecule has 0 aliphatic rings. The van der Waals surface area contributed by atoms with Crippen molar-refractivity contribution in [2.75, 3.05) is 5.73 Å². The molecule has 7 nitrogen and oxygen atoms in total. The van der Waals surface area contributed by atoms with Gasteiger partial charge in [0.1, 0.15) is 11.3 Å². The summed E-state index contributed by atoms with van der Waals surface area (Å²) in [7, 11) is 0. The molecule has 0 aliphatic carbocycles. The summed E-state index contributed by atoms with van der Waals surface area (Å²) in [4.78, 5) is 28.4. The first-order chi connectivity index (χ1) is 8.99. The van der Waals surface area contributed by atoms with E-state index >= 15 is 0 Å². The summed E-state index contributed by atoms with van der Waals surface area (Å²) >= 11 is 0. The molecular weight excluding hydrogens is 250 g/mol. The number of anilines is 1. The van der Waals surface area contributed by atoms with Gasteiger partial charge in [0, 0.05) is 0 Å². The van der Waals surface area contributed by atoms with Crippen molar-refractivity contribution in [3.05, 3.63) is 46.0 Å². The first kappa shape index (κ1) is 12.6. The Labute approximate surface area is 107 Å². The van der Waals surface area contributed by atoms with Gasteiger partial charge in [-0.1, -0.05) is 11.6 Å². The molecule has 2 rings (SSSR count). The van der Waals surface area contributed by atoms with E-state index in [1.54, 1.807) is 13.0 Å². The molecule has 0 amide bonds. The number of H-pyrrole nitrogens is 1. The van der Waals surface area contributed by atoms with Crippen LogP contribution >= 0.6 is 0 Å². The number of carboxylic acid groups (broad SMARTS) is 1.